The van der Waals surface area contributed by atoms with Crippen LogP contribution in [0, 0.1) is 0 Å². The van der Waals surface area contributed by atoms with Gasteiger partial charge in [0.2, 0.25) is 5.76 Å². The summed E-state index contributed by atoms with van der Waals surface area (Å²) < 4.78 is 42.8. The van der Waals surface area contributed by atoms with Crippen molar-refractivity contribution in [1.29, 1.82) is 0 Å². The molecular weight excluding hydrogens is 353 g/mol. The number of furan rings is 1. The van der Waals surface area contributed by atoms with E-state index in [9.17, 15) is 18.0 Å². The summed E-state index contributed by atoms with van der Waals surface area (Å²) >= 11 is -0.174. The van der Waals surface area contributed by atoms with E-state index in [4.69, 9.17) is 4.42 Å². The number of alkyl halides is 3. The Morgan fingerprint density at radius 1 is 1.00 bits per heavy atom. The molecule has 0 spiro atoms. The molecule has 1 aromatic heterocycles. The van der Waals surface area contributed by atoms with Gasteiger partial charge in [-0.05, 0) is 41.6 Å². The van der Waals surface area contributed by atoms with Gasteiger partial charge in [-0.15, -0.1) is 0 Å². The Balaban J connectivity index is 1.63. The molecule has 2 aromatic carbocycles. The molecule has 0 saturated heterocycles. The lowest BCUT2D eigenvalue weighted by Gasteiger charge is -2.25. The smallest absolute Gasteiger partial charge is 0.446 e. The maximum atomic E-state index is 12.4. The highest BCUT2D eigenvalue weighted by Crippen LogP contribution is 2.38. The third-order valence-electron chi connectivity index (χ3n) is 3.81. The number of hydrogen-bond acceptors (Lipinski definition) is 4. The number of carbonyl (C=O) groups excluding carboxylic acids is 1. The molecule has 2 heterocycles. The third kappa shape index (κ3) is 3.05. The second-order valence-corrected chi connectivity index (χ2v) is 6.61. The van der Waals surface area contributed by atoms with Crippen LogP contribution in [-0.2, 0) is 0 Å². The minimum Gasteiger partial charge on any atom is -0.449 e. The number of thioether (sulfide) groups is 1. The molecule has 4 nitrogen and oxygen atoms in total. The topological polar surface area (TPSA) is 54.3 Å². The van der Waals surface area contributed by atoms with E-state index in [1.165, 1.54) is 12.1 Å². The summed E-state index contributed by atoms with van der Waals surface area (Å²) in [6, 6.07) is 13.1. The molecule has 0 saturated carbocycles. The first kappa shape index (κ1) is 15.9. The first-order chi connectivity index (χ1) is 11.9. The number of anilines is 1. The SMILES string of the molecule is O=C1NC(c2ccc(SC(F)(F)F)cc2)Nc2c1oc1ccccc21. The van der Waals surface area contributed by atoms with Crippen LogP contribution in [0.4, 0.5) is 18.9 Å². The maximum absolute atomic E-state index is 12.4. The van der Waals surface area contributed by atoms with Gasteiger partial charge >= 0.3 is 5.51 Å². The van der Waals surface area contributed by atoms with Crippen molar-refractivity contribution in [2.45, 2.75) is 16.6 Å². The fraction of sp³-hybridized carbons (Fsp3) is 0.118. The molecule has 0 bridgehead atoms. The van der Waals surface area contributed by atoms with Crippen LogP contribution >= 0.6 is 11.8 Å². The van der Waals surface area contributed by atoms with Gasteiger partial charge in [0.05, 0.1) is 5.69 Å². The number of hydrogen-bond donors (Lipinski definition) is 2. The first-order valence-corrected chi connectivity index (χ1v) is 8.17. The van der Waals surface area contributed by atoms with Gasteiger partial charge in [0.15, 0.2) is 0 Å². The predicted molar refractivity (Wildman–Crippen MR) is 88.4 cm³/mol. The largest absolute Gasteiger partial charge is 0.449 e. The van der Waals surface area contributed by atoms with Gasteiger partial charge in [0.1, 0.15) is 11.7 Å². The molecule has 0 fully saturated rings. The van der Waals surface area contributed by atoms with Crippen LogP contribution < -0.4 is 10.6 Å². The lowest BCUT2D eigenvalue weighted by Crippen LogP contribution is -2.37. The zero-order chi connectivity index (χ0) is 17.6. The number of halogens is 3. The molecule has 1 atom stereocenters. The molecule has 1 amide bonds. The molecule has 2 N–H and O–H groups in total. The van der Waals surface area contributed by atoms with Gasteiger partial charge in [0, 0.05) is 10.3 Å². The Hall–Kier alpha value is -2.61. The van der Waals surface area contributed by atoms with Crippen LogP contribution in [-0.4, -0.2) is 11.4 Å². The van der Waals surface area contributed by atoms with Crippen LogP contribution in [0.5, 0.6) is 0 Å². The molecule has 8 heteroatoms. The number of benzene rings is 2. The van der Waals surface area contributed by atoms with E-state index < -0.39 is 11.7 Å². The minimum absolute atomic E-state index is 0.0906. The Labute approximate surface area is 144 Å². The molecule has 1 aliphatic rings. The third-order valence-corrected chi connectivity index (χ3v) is 4.55. The van der Waals surface area contributed by atoms with Gasteiger partial charge in [-0.1, -0.05) is 24.3 Å². The summed E-state index contributed by atoms with van der Waals surface area (Å²) in [6.07, 6.45) is -0.550. The fourth-order valence-electron chi connectivity index (χ4n) is 2.75. The second-order valence-electron chi connectivity index (χ2n) is 5.47. The molecule has 0 aliphatic carbocycles. The second kappa shape index (κ2) is 5.73. The standard InChI is InChI=1S/C17H11F3N2O2S/c18-17(19,20)25-10-7-5-9(6-8-10)15-21-13-11-3-1-2-4-12(11)24-14(13)16(23)22-15/h1-8,15,21H,(H,22,23). The summed E-state index contributed by atoms with van der Waals surface area (Å²) in [5.74, 6) is -0.176. The molecule has 0 radical (unpaired) electrons. The van der Waals surface area contributed by atoms with Crippen LogP contribution in [0.3, 0.4) is 0 Å². The van der Waals surface area contributed by atoms with Crippen molar-refractivity contribution in [3.05, 3.63) is 59.9 Å². The Morgan fingerprint density at radius 2 is 1.72 bits per heavy atom. The minimum atomic E-state index is -4.33. The molecule has 3 aromatic rings. The lowest BCUT2D eigenvalue weighted by molar-refractivity contribution is -0.0328. The van der Waals surface area contributed by atoms with E-state index >= 15 is 0 Å². The summed E-state index contributed by atoms with van der Waals surface area (Å²) in [4.78, 5) is 12.4. The summed E-state index contributed by atoms with van der Waals surface area (Å²) in [7, 11) is 0. The molecule has 25 heavy (non-hydrogen) atoms. The summed E-state index contributed by atoms with van der Waals surface area (Å²) in [5.41, 5.74) is -2.51. The quantitative estimate of drug-likeness (QED) is 0.635. The number of amides is 1. The zero-order valence-electron chi connectivity index (χ0n) is 12.6. The van der Waals surface area contributed by atoms with Crippen molar-refractivity contribution < 1.29 is 22.4 Å². The van der Waals surface area contributed by atoms with E-state index in [0.717, 1.165) is 5.39 Å². The Morgan fingerprint density at radius 3 is 2.44 bits per heavy atom. The number of rotatable bonds is 2. The van der Waals surface area contributed by atoms with Crippen molar-refractivity contribution in [3.8, 4) is 0 Å². The number of carbonyl (C=O) groups is 1. The maximum Gasteiger partial charge on any atom is 0.446 e. The Bertz CT molecular complexity index is 951. The van der Waals surface area contributed by atoms with E-state index in [-0.39, 0.29) is 28.3 Å². The van der Waals surface area contributed by atoms with Crippen molar-refractivity contribution in [2.24, 2.45) is 0 Å². The van der Waals surface area contributed by atoms with Gasteiger partial charge in [0.25, 0.3) is 5.91 Å². The van der Waals surface area contributed by atoms with Gasteiger partial charge in [-0.3, -0.25) is 4.79 Å². The highest BCUT2D eigenvalue weighted by atomic mass is 32.2. The van der Waals surface area contributed by atoms with Gasteiger partial charge in [-0.25, -0.2) is 0 Å². The van der Waals surface area contributed by atoms with E-state index in [1.54, 1.807) is 18.2 Å². The van der Waals surface area contributed by atoms with Gasteiger partial charge < -0.3 is 15.1 Å². The van der Waals surface area contributed by atoms with Crippen molar-refractivity contribution in [3.63, 3.8) is 0 Å². The summed E-state index contributed by atoms with van der Waals surface area (Å²) in [6.45, 7) is 0. The highest BCUT2D eigenvalue weighted by Gasteiger charge is 2.31. The average Bonchev–Trinajstić information content (AvgIpc) is 2.94. The van der Waals surface area contributed by atoms with E-state index in [2.05, 4.69) is 10.6 Å². The number of nitrogens with one attached hydrogen (secondary N) is 2. The van der Waals surface area contributed by atoms with Gasteiger partial charge in [-0.2, -0.15) is 13.2 Å². The van der Waals surface area contributed by atoms with Crippen LogP contribution in [0.2, 0.25) is 0 Å². The molecule has 1 aliphatic heterocycles. The molecular formula is C17H11F3N2O2S. The normalized spacial score (nSPS) is 17.1. The van der Waals surface area contributed by atoms with Crippen LogP contribution in [0.1, 0.15) is 22.3 Å². The first-order valence-electron chi connectivity index (χ1n) is 7.35. The monoisotopic (exact) mass is 364 g/mol. The zero-order valence-corrected chi connectivity index (χ0v) is 13.4. The average molecular weight is 364 g/mol. The van der Waals surface area contributed by atoms with Crippen molar-refractivity contribution in [2.75, 3.05) is 5.32 Å². The van der Waals surface area contributed by atoms with E-state index in [1.807, 2.05) is 18.2 Å². The molecule has 1 unspecified atom stereocenters. The van der Waals surface area contributed by atoms with Crippen molar-refractivity contribution in [1.82, 2.24) is 5.32 Å². The van der Waals surface area contributed by atoms with Crippen LogP contribution in [0.15, 0.2) is 57.8 Å². The number of para-hydroxylation sites is 1. The lowest BCUT2D eigenvalue weighted by atomic mass is 10.1. The van der Waals surface area contributed by atoms with Crippen LogP contribution in [0.25, 0.3) is 11.0 Å². The van der Waals surface area contributed by atoms with Crippen molar-refractivity contribution >= 4 is 34.3 Å². The number of fused-ring (bicyclic) bond motifs is 3. The molecule has 4 rings (SSSR count). The van der Waals surface area contributed by atoms with E-state index in [0.29, 0.717) is 16.8 Å². The Kier molecular flexibility index (Phi) is 3.64. The fourth-order valence-corrected chi connectivity index (χ4v) is 3.29. The highest BCUT2D eigenvalue weighted by molar-refractivity contribution is 8.00. The summed E-state index contributed by atoms with van der Waals surface area (Å²) in [5, 5.41) is 6.70. The molecule has 128 valence electrons. The predicted octanol–water partition coefficient (Wildman–Crippen LogP) is 4.90.